The van der Waals surface area contributed by atoms with Gasteiger partial charge in [-0.1, -0.05) is 0 Å². The third-order valence-corrected chi connectivity index (χ3v) is 4.16. The maximum atomic E-state index is 5.98. The van der Waals surface area contributed by atoms with Crippen LogP contribution in [0.2, 0.25) is 0 Å². The molecule has 3 rings (SSSR count). The van der Waals surface area contributed by atoms with Crippen molar-refractivity contribution in [3.63, 3.8) is 0 Å². The molecule has 1 heterocycles. The smallest absolute Gasteiger partial charge is 0.147 e. The van der Waals surface area contributed by atoms with Gasteiger partial charge in [-0.2, -0.15) is 0 Å². The predicted molar refractivity (Wildman–Crippen MR) is 78.7 cm³/mol. The summed E-state index contributed by atoms with van der Waals surface area (Å²) in [5.74, 6) is 0.961. The summed E-state index contributed by atoms with van der Waals surface area (Å²) in [6.07, 6.45) is 9.32. The van der Waals surface area contributed by atoms with Crippen LogP contribution in [-0.4, -0.2) is 4.98 Å². The molecule has 98 valence electrons. The van der Waals surface area contributed by atoms with Crippen LogP contribution in [-0.2, 0) is 19.5 Å². The van der Waals surface area contributed by atoms with Crippen molar-refractivity contribution in [3.05, 3.63) is 58.6 Å². The first-order valence-corrected chi connectivity index (χ1v) is 6.97. The van der Waals surface area contributed by atoms with Gasteiger partial charge in [0.05, 0.1) is 0 Å². The van der Waals surface area contributed by atoms with Crippen molar-refractivity contribution in [2.75, 3.05) is 0 Å². The molecule has 2 aromatic rings. The predicted octanol–water partition coefficient (Wildman–Crippen LogP) is 4.30. The summed E-state index contributed by atoms with van der Waals surface area (Å²) >= 11 is -0.500. The molecule has 0 saturated heterocycles. The summed E-state index contributed by atoms with van der Waals surface area (Å²) in [4.78, 5) is 4.33. The summed E-state index contributed by atoms with van der Waals surface area (Å²) in [5.41, 5.74) is 0.995. The number of aromatic nitrogens is 1. The van der Waals surface area contributed by atoms with E-state index in [9.17, 15) is 0 Å². The fourth-order valence-electron chi connectivity index (χ4n) is 1.80. The molecule has 1 aliphatic carbocycles. The number of hydrogen-bond acceptors (Lipinski definition) is 2. The zero-order valence-corrected chi connectivity index (χ0v) is 13.3. The monoisotopic (exact) mass is 329 g/mol. The third kappa shape index (κ3) is 3.83. The van der Waals surface area contributed by atoms with E-state index in [1.807, 2.05) is 30.5 Å². The Hall–Kier alpha value is -0.796. The number of nitrogens with zero attached hydrogens (tertiary/aromatic N) is 1. The molecule has 2 nitrogen and oxygen atoms in total. The molecule has 0 aliphatic heterocycles. The van der Waals surface area contributed by atoms with Crippen molar-refractivity contribution in [1.29, 1.82) is 0 Å². The maximum absolute atomic E-state index is 5.98. The zero-order chi connectivity index (χ0) is 11.5. The number of halogens is 2. The van der Waals surface area contributed by atoms with Crippen LogP contribution in [0.4, 0.5) is 0 Å². The Morgan fingerprint density at radius 3 is 2.74 bits per heavy atom. The van der Waals surface area contributed by atoms with Crippen molar-refractivity contribution in [2.24, 2.45) is 0 Å². The molecule has 1 aromatic carbocycles. The van der Waals surface area contributed by atoms with Crippen molar-refractivity contribution >= 4 is 35.7 Å². The van der Waals surface area contributed by atoms with Gasteiger partial charge in [-0.3, -0.25) is 0 Å². The number of pyridine rings is 1. The fourth-order valence-corrected chi connectivity index (χ4v) is 3.03. The first-order valence-electron chi connectivity index (χ1n) is 5.56. The number of fused-ring (bicyclic) bond motifs is 1. The van der Waals surface area contributed by atoms with Gasteiger partial charge in [-0.25, -0.2) is 0 Å². The number of hydrogen-bond donors (Lipinski definition) is 0. The molecule has 19 heavy (non-hydrogen) atoms. The molecular formula is C14H13Cl2NOTi. The van der Waals surface area contributed by atoms with Gasteiger partial charge < -0.3 is 0 Å². The molecule has 0 atom stereocenters. The molecule has 1 aliphatic rings. The summed E-state index contributed by atoms with van der Waals surface area (Å²) in [6.45, 7) is 0. The molecule has 0 fully saturated rings. The van der Waals surface area contributed by atoms with Crippen LogP contribution in [0, 0.1) is 0 Å². The van der Waals surface area contributed by atoms with Crippen LogP contribution < -0.4 is 3.32 Å². The summed E-state index contributed by atoms with van der Waals surface area (Å²) in [6, 6.07) is 10.0. The fraction of sp³-hybridized carbons (Fsp3) is 0.0714. The number of para-hydroxylation sites is 1. The molecule has 1 aromatic heterocycles. The van der Waals surface area contributed by atoms with Crippen LogP contribution in [0.25, 0.3) is 10.9 Å². The van der Waals surface area contributed by atoms with Crippen LogP contribution >= 0.6 is 24.8 Å². The SMILES string of the molecule is C1=CC[C]([Ti][O]c2ccnc3ccccc23)=C1.Cl.Cl. The van der Waals surface area contributed by atoms with E-state index in [0.29, 0.717) is 0 Å². The second-order valence-electron chi connectivity index (χ2n) is 3.85. The molecule has 0 amide bonds. The van der Waals surface area contributed by atoms with Gasteiger partial charge in [0.1, 0.15) is 0 Å². The largest absolute Gasteiger partial charge is 0.147 e. The Morgan fingerprint density at radius 2 is 1.95 bits per heavy atom. The van der Waals surface area contributed by atoms with Crippen LogP contribution in [0.3, 0.4) is 0 Å². The minimum Gasteiger partial charge on any atom is -0.147 e. The first-order chi connectivity index (χ1) is 8.43. The normalized spacial score (nSPS) is 12.3. The van der Waals surface area contributed by atoms with Crippen molar-refractivity contribution in [3.8, 4) is 5.75 Å². The van der Waals surface area contributed by atoms with E-state index in [1.54, 1.807) is 0 Å². The van der Waals surface area contributed by atoms with Crippen LogP contribution in [0.1, 0.15) is 6.42 Å². The van der Waals surface area contributed by atoms with E-state index in [2.05, 4.69) is 29.3 Å². The average molecular weight is 330 g/mol. The second-order valence-corrected chi connectivity index (χ2v) is 5.49. The van der Waals surface area contributed by atoms with Gasteiger partial charge in [-0.15, -0.1) is 24.8 Å². The molecule has 5 heteroatoms. The Balaban J connectivity index is 0.000000902. The van der Waals surface area contributed by atoms with Crippen molar-refractivity contribution in [2.45, 2.75) is 6.42 Å². The quantitative estimate of drug-likeness (QED) is 0.783. The Kier molecular flexibility index (Phi) is 6.60. The van der Waals surface area contributed by atoms with Gasteiger partial charge in [0, 0.05) is 0 Å². The molecule has 0 N–H and O–H groups in total. The Bertz CT molecular complexity index is 608. The second kappa shape index (κ2) is 7.71. The van der Waals surface area contributed by atoms with E-state index in [-0.39, 0.29) is 24.8 Å². The minimum absolute atomic E-state index is 0. The van der Waals surface area contributed by atoms with Gasteiger partial charge in [0.15, 0.2) is 0 Å². The van der Waals surface area contributed by atoms with Gasteiger partial charge in [0.25, 0.3) is 0 Å². The number of rotatable bonds is 3. The number of allylic oxidation sites excluding steroid dienone is 4. The molecular weight excluding hydrogens is 317 g/mol. The number of benzene rings is 1. The summed E-state index contributed by atoms with van der Waals surface area (Å²) in [7, 11) is 0. The first kappa shape index (κ1) is 16.3. The van der Waals surface area contributed by atoms with Gasteiger partial charge in [0.2, 0.25) is 0 Å². The molecule has 0 spiro atoms. The Morgan fingerprint density at radius 1 is 1.11 bits per heavy atom. The Labute approximate surface area is 134 Å². The minimum atomic E-state index is -0.500. The maximum Gasteiger partial charge on any atom is -0.147 e. The standard InChI is InChI=1S/C9H7NO.C5H5.2ClH.Ti/c11-9-5-6-10-8-4-2-1-3-7(8)9;1-2-4-5-3-1;;;/h1-6H,(H,10,11);1-3H,4H2;2*1H;/q;;;;+1/p-1. The van der Waals surface area contributed by atoms with E-state index in [0.717, 1.165) is 23.1 Å². The zero-order valence-electron chi connectivity index (χ0n) is 10.1. The summed E-state index contributed by atoms with van der Waals surface area (Å²) in [5, 5.41) is 1.10. The average Bonchev–Trinajstić information content (AvgIpc) is 2.89. The van der Waals surface area contributed by atoms with Crippen LogP contribution in [0.5, 0.6) is 5.75 Å². The van der Waals surface area contributed by atoms with Crippen molar-refractivity contribution < 1.29 is 22.9 Å². The van der Waals surface area contributed by atoms with E-state index in [1.165, 1.54) is 3.88 Å². The van der Waals surface area contributed by atoms with E-state index in [4.69, 9.17) is 3.32 Å². The molecule has 0 saturated carbocycles. The summed E-state index contributed by atoms with van der Waals surface area (Å²) < 4.78 is 7.42. The molecule has 0 radical (unpaired) electrons. The topological polar surface area (TPSA) is 22.1 Å². The third-order valence-electron chi connectivity index (χ3n) is 2.67. The van der Waals surface area contributed by atoms with Crippen molar-refractivity contribution in [1.82, 2.24) is 4.98 Å². The van der Waals surface area contributed by atoms with Crippen LogP contribution in [0.15, 0.2) is 58.6 Å². The molecule has 0 unspecified atom stereocenters. The van der Waals surface area contributed by atoms with E-state index < -0.39 is 19.5 Å². The molecule has 0 bridgehead atoms. The van der Waals surface area contributed by atoms with E-state index >= 15 is 0 Å². The van der Waals surface area contributed by atoms with Gasteiger partial charge in [-0.05, 0) is 0 Å². The van der Waals surface area contributed by atoms with Gasteiger partial charge >= 0.3 is 110 Å².